The monoisotopic (exact) mass is 897 g/mol. The molecule has 2 saturated heterocycles. The zero-order chi connectivity index (χ0) is 44.9. The number of piperazine rings is 1. The number of imide groups is 2. The highest BCUT2D eigenvalue weighted by Gasteiger charge is 2.45. The number of amides is 6. The Morgan fingerprint density at radius 2 is 1.58 bits per heavy atom. The molecule has 0 saturated carbocycles. The van der Waals surface area contributed by atoms with Gasteiger partial charge in [0.15, 0.2) is 5.13 Å². The average molecular weight is 898 g/mol. The molecule has 0 radical (unpaired) electrons. The van der Waals surface area contributed by atoms with E-state index in [0.717, 1.165) is 65.7 Å². The first-order valence-corrected chi connectivity index (χ1v) is 22.5. The molecule has 0 bridgehead atoms. The Morgan fingerprint density at radius 1 is 0.800 bits per heavy atom. The Hall–Kier alpha value is -6.86. The van der Waals surface area contributed by atoms with Gasteiger partial charge >= 0.3 is 0 Å². The van der Waals surface area contributed by atoms with Crippen LogP contribution in [0.4, 0.5) is 16.6 Å². The summed E-state index contributed by atoms with van der Waals surface area (Å²) in [7, 11) is 0. The molecule has 6 amide bonds. The SMILES string of the molecule is O=C1CCC(N2C(=O)c3ccc(NCCOCCOCCN4CCN(c5ccc(-c6ccc7c(c6)C(=O)N(C(C(=O)Nc6nccs6)c6ccccc6)C7)cn5)CC4)cc3C2=O)C(=O)N1. The molecule has 18 heteroatoms. The number of hydrogen-bond acceptors (Lipinski definition) is 14. The van der Waals surface area contributed by atoms with E-state index in [0.29, 0.717) is 55.9 Å². The van der Waals surface area contributed by atoms with E-state index < -0.39 is 35.7 Å². The molecule has 2 unspecified atom stereocenters. The van der Waals surface area contributed by atoms with Crippen molar-refractivity contribution >= 4 is 63.4 Å². The molecule has 3 aromatic carbocycles. The predicted molar refractivity (Wildman–Crippen MR) is 241 cm³/mol. The lowest BCUT2D eigenvalue weighted by Crippen LogP contribution is -2.54. The van der Waals surface area contributed by atoms with Gasteiger partial charge in [-0.15, -0.1) is 11.3 Å². The van der Waals surface area contributed by atoms with Crippen molar-refractivity contribution in [2.75, 3.05) is 81.2 Å². The van der Waals surface area contributed by atoms with E-state index in [4.69, 9.17) is 14.5 Å². The van der Waals surface area contributed by atoms with Crippen molar-refractivity contribution in [1.82, 2.24) is 30.0 Å². The Bertz CT molecular complexity index is 2590. The fourth-order valence-corrected chi connectivity index (χ4v) is 9.12. The molecule has 2 fully saturated rings. The molecular weight excluding hydrogens is 851 g/mol. The molecule has 9 rings (SSSR count). The average Bonchev–Trinajstić information content (AvgIpc) is 4.02. The number of nitrogens with zero attached hydrogens (tertiary/aromatic N) is 6. The number of nitrogens with one attached hydrogen (secondary N) is 3. The van der Waals surface area contributed by atoms with Gasteiger partial charge in [-0.2, -0.15) is 0 Å². The fourth-order valence-electron chi connectivity index (χ4n) is 8.59. The van der Waals surface area contributed by atoms with Crippen LogP contribution in [-0.2, 0) is 30.4 Å². The standard InChI is InChI=1S/C47H47N9O8S/c57-40-13-11-38(42(58)51-40)56-45(61)35-10-9-34(27-37(35)46(56)62)48-14-21-63-23-24-64-22-20-53-16-18-54(19-17-53)39-12-8-32(28-50-39)31-6-7-33-29-55(44(60)36(33)26-31)41(30-4-2-1-3-5-30)43(59)52-47-49-15-25-65-47/h1-10,12,15,25-28,38,41,48H,11,13-14,16-24,29H2,(H,49,52,59)(H,51,57,58). The van der Waals surface area contributed by atoms with Gasteiger partial charge in [-0.25, -0.2) is 9.97 Å². The summed E-state index contributed by atoms with van der Waals surface area (Å²) in [4.78, 5) is 93.6. The second-order valence-corrected chi connectivity index (χ2v) is 16.9. The normalized spacial score (nSPS) is 17.9. The smallest absolute Gasteiger partial charge is 0.262 e. The minimum absolute atomic E-state index is 0.0698. The number of piperidine rings is 1. The highest BCUT2D eigenvalue weighted by molar-refractivity contribution is 7.13. The first kappa shape index (κ1) is 43.4. The van der Waals surface area contributed by atoms with Gasteiger partial charge in [0.1, 0.15) is 17.9 Å². The van der Waals surface area contributed by atoms with Crippen molar-refractivity contribution in [3.63, 3.8) is 0 Å². The maximum absolute atomic E-state index is 13.9. The molecule has 5 aromatic rings. The second kappa shape index (κ2) is 19.5. The Kier molecular flexibility index (Phi) is 13.0. The number of ether oxygens (including phenoxy) is 2. The van der Waals surface area contributed by atoms with Gasteiger partial charge in [0.2, 0.25) is 11.8 Å². The second-order valence-electron chi connectivity index (χ2n) is 16.0. The third kappa shape index (κ3) is 9.51. The highest BCUT2D eigenvalue weighted by Crippen LogP contribution is 2.35. The van der Waals surface area contributed by atoms with Crippen molar-refractivity contribution in [2.45, 2.75) is 31.5 Å². The number of benzene rings is 3. The fraction of sp³-hybridized carbons (Fsp3) is 0.319. The highest BCUT2D eigenvalue weighted by atomic mass is 32.1. The first-order chi connectivity index (χ1) is 31.7. The van der Waals surface area contributed by atoms with E-state index >= 15 is 0 Å². The topological polar surface area (TPSA) is 196 Å². The Morgan fingerprint density at radius 3 is 2.34 bits per heavy atom. The molecule has 4 aliphatic heterocycles. The summed E-state index contributed by atoms with van der Waals surface area (Å²) >= 11 is 1.33. The van der Waals surface area contributed by atoms with Crippen LogP contribution in [0.15, 0.2) is 96.6 Å². The predicted octanol–water partition coefficient (Wildman–Crippen LogP) is 4.21. The Balaban J connectivity index is 0.676. The van der Waals surface area contributed by atoms with Gasteiger partial charge in [-0.05, 0) is 59.5 Å². The van der Waals surface area contributed by atoms with Crippen LogP contribution < -0.4 is 20.9 Å². The van der Waals surface area contributed by atoms with Crippen LogP contribution in [0, 0.1) is 0 Å². The van der Waals surface area contributed by atoms with Crippen LogP contribution in [0.25, 0.3) is 11.1 Å². The van der Waals surface area contributed by atoms with E-state index in [1.807, 2.05) is 66.9 Å². The van der Waals surface area contributed by atoms with Gasteiger partial charge in [-0.3, -0.25) is 49.2 Å². The Labute approximate surface area is 378 Å². The summed E-state index contributed by atoms with van der Waals surface area (Å²) < 4.78 is 11.6. The minimum Gasteiger partial charge on any atom is -0.383 e. The zero-order valence-corrected chi connectivity index (χ0v) is 36.3. The molecule has 3 N–H and O–H groups in total. The molecule has 0 spiro atoms. The molecule has 65 heavy (non-hydrogen) atoms. The molecule has 2 aromatic heterocycles. The summed E-state index contributed by atoms with van der Waals surface area (Å²) in [5.41, 5.74) is 5.05. The molecule has 0 aliphatic carbocycles. The molecular formula is C47H47N9O8S. The van der Waals surface area contributed by atoms with Crippen molar-refractivity contribution in [3.8, 4) is 11.1 Å². The van der Waals surface area contributed by atoms with E-state index in [1.54, 1.807) is 34.7 Å². The molecule has 4 aliphatic rings. The first-order valence-electron chi connectivity index (χ1n) is 21.6. The summed E-state index contributed by atoms with van der Waals surface area (Å²) in [5.74, 6) is -1.75. The molecule has 6 heterocycles. The third-order valence-corrected chi connectivity index (χ3v) is 12.7. The molecule has 2 atom stereocenters. The van der Waals surface area contributed by atoms with Crippen molar-refractivity contribution < 1.29 is 38.2 Å². The summed E-state index contributed by atoms with van der Waals surface area (Å²) in [5, 5.41) is 10.6. The summed E-state index contributed by atoms with van der Waals surface area (Å²) in [6, 6.07) is 22.3. The lowest BCUT2D eigenvalue weighted by Gasteiger charge is -2.35. The maximum Gasteiger partial charge on any atom is 0.262 e. The largest absolute Gasteiger partial charge is 0.383 e. The number of thiazole rings is 1. The van der Waals surface area contributed by atoms with Crippen LogP contribution >= 0.6 is 11.3 Å². The summed E-state index contributed by atoms with van der Waals surface area (Å²) in [6.07, 6.45) is 3.65. The summed E-state index contributed by atoms with van der Waals surface area (Å²) in [6.45, 7) is 6.88. The van der Waals surface area contributed by atoms with Crippen LogP contribution in [0.3, 0.4) is 0 Å². The maximum atomic E-state index is 13.9. The lowest BCUT2D eigenvalue weighted by atomic mass is 10.0. The van der Waals surface area contributed by atoms with Crippen molar-refractivity contribution in [2.24, 2.45) is 0 Å². The number of hydrogen-bond donors (Lipinski definition) is 3. The van der Waals surface area contributed by atoms with E-state index in [1.165, 1.54) is 11.3 Å². The third-order valence-electron chi connectivity index (χ3n) is 12.0. The van der Waals surface area contributed by atoms with E-state index in [9.17, 15) is 28.8 Å². The minimum atomic E-state index is -1.00. The van der Waals surface area contributed by atoms with Gasteiger partial charge in [-0.1, -0.05) is 42.5 Å². The number of pyridine rings is 1. The number of aromatic nitrogens is 2. The van der Waals surface area contributed by atoms with Gasteiger partial charge < -0.3 is 24.6 Å². The van der Waals surface area contributed by atoms with Crippen LogP contribution in [-0.4, -0.2) is 132 Å². The zero-order valence-electron chi connectivity index (χ0n) is 35.4. The molecule has 17 nitrogen and oxygen atoms in total. The van der Waals surface area contributed by atoms with Crippen molar-refractivity contribution in [3.05, 3.63) is 124 Å². The van der Waals surface area contributed by atoms with Crippen LogP contribution in [0.5, 0.6) is 0 Å². The van der Waals surface area contributed by atoms with Crippen LogP contribution in [0.2, 0.25) is 0 Å². The number of carbonyl (C=O) groups excluding carboxylic acids is 6. The van der Waals surface area contributed by atoms with E-state index in [-0.39, 0.29) is 35.8 Å². The number of fused-ring (bicyclic) bond motifs is 2. The van der Waals surface area contributed by atoms with Crippen LogP contribution in [0.1, 0.15) is 61.1 Å². The molecule has 334 valence electrons. The lowest BCUT2D eigenvalue weighted by molar-refractivity contribution is -0.136. The number of carbonyl (C=O) groups is 6. The number of rotatable bonds is 17. The van der Waals surface area contributed by atoms with Gasteiger partial charge in [0.05, 0.1) is 37.6 Å². The van der Waals surface area contributed by atoms with Gasteiger partial charge in [0, 0.05) is 86.8 Å². The van der Waals surface area contributed by atoms with Crippen molar-refractivity contribution in [1.29, 1.82) is 0 Å². The van der Waals surface area contributed by atoms with E-state index in [2.05, 4.69) is 30.7 Å². The van der Waals surface area contributed by atoms with Gasteiger partial charge in [0.25, 0.3) is 23.6 Å². The quantitative estimate of drug-likeness (QED) is 0.0889. The number of anilines is 3.